The number of nitrogens with zero attached hydrogens (tertiary/aromatic N) is 2. The summed E-state index contributed by atoms with van der Waals surface area (Å²) in [7, 11) is 0. The maximum Gasteiger partial charge on any atom is 0.0438 e. The van der Waals surface area contributed by atoms with E-state index in [-0.39, 0.29) is 0 Å². The zero-order valence-corrected chi connectivity index (χ0v) is 11.0. The fourth-order valence-corrected chi connectivity index (χ4v) is 3.14. The van der Waals surface area contributed by atoms with Gasteiger partial charge in [0.05, 0.1) is 0 Å². The molecular formula is C16H19N3. The topological polar surface area (TPSA) is 28.2 Å². The summed E-state index contributed by atoms with van der Waals surface area (Å²) >= 11 is 0. The highest BCUT2D eigenvalue weighted by molar-refractivity contribution is 5.93. The number of rotatable bonds is 3. The summed E-state index contributed by atoms with van der Waals surface area (Å²) in [6.45, 7) is 2.45. The van der Waals surface area contributed by atoms with Crippen molar-refractivity contribution in [3.63, 3.8) is 0 Å². The SMILES string of the molecule is c1cc(NC2CCN(C3CC3)C2)c2cnccc2c1. The van der Waals surface area contributed by atoms with Crippen molar-refractivity contribution in [3.8, 4) is 0 Å². The molecule has 1 saturated heterocycles. The van der Waals surface area contributed by atoms with E-state index in [0.29, 0.717) is 6.04 Å². The molecule has 1 atom stereocenters. The predicted octanol–water partition coefficient (Wildman–Crippen LogP) is 2.88. The molecule has 0 spiro atoms. The Kier molecular flexibility index (Phi) is 2.66. The molecular weight excluding hydrogens is 234 g/mol. The molecule has 2 aliphatic rings. The van der Waals surface area contributed by atoms with Crippen LogP contribution in [0.3, 0.4) is 0 Å². The van der Waals surface area contributed by atoms with E-state index in [1.54, 1.807) is 0 Å². The molecule has 19 heavy (non-hydrogen) atoms. The van der Waals surface area contributed by atoms with Gasteiger partial charge in [-0.05, 0) is 36.8 Å². The van der Waals surface area contributed by atoms with Gasteiger partial charge in [-0.2, -0.15) is 0 Å². The number of pyridine rings is 1. The fraction of sp³-hybridized carbons (Fsp3) is 0.438. The second kappa shape index (κ2) is 4.49. The number of likely N-dealkylation sites (tertiary alicyclic amines) is 1. The molecule has 1 saturated carbocycles. The smallest absolute Gasteiger partial charge is 0.0438 e. The molecule has 0 amide bonds. The lowest BCUT2D eigenvalue weighted by Gasteiger charge is -2.17. The van der Waals surface area contributed by atoms with E-state index in [9.17, 15) is 0 Å². The molecule has 1 aromatic carbocycles. The lowest BCUT2D eigenvalue weighted by Crippen LogP contribution is -2.27. The van der Waals surface area contributed by atoms with Crippen LogP contribution in [-0.4, -0.2) is 35.1 Å². The standard InChI is InChI=1S/C16H19N3/c1-2-12-6-8-17-10-15(12)16(3-1)18-13-7-9-19(11-13)14-4-5-14/h1-3,6,8,10,13-14,18H,4-5,7,9,11H2. The molecule has 2 aromatic rings. The normalized spacial score (nSPS) is 23.9. The summed E-state index contributed by atoms with van der Waals surface area (Å²) in [6, 6.07) is 9.99. The first-order chi connectivity index (χ1) is 9.40. The van der Waals surface area contributed by atoms with Crippen molar-refractivity contribution in [2.75, 3.05) is 18.4 Å². The van der Waals surface area contributed by atoms with Gasteiger partial charge in [-0.3, -0.25) is 9.88 Å². The van der Waals surface area contributed by atoms with E-state index in [2.05, 4.69) is 39.5 Å². The van der Waals surface area contributed by atoms with E-state index in [1.165, 1.54) is 48.8 Å². The van der Waals surface area contributed by atoms with E-state index in [0.717, 1.165) is 6.04 Å². The number of aromatic nitrogens is 1. The zero-order chi connectivity index (χ0) is 12.7. The molecule has 4 rings (SSSR count). The van der Waals surface area contributed by atoms with E-state index in [4.69, 9.17) is 0 Å². The van der Waals surface area contributed by atoms with Crippen molar-refractivity contribution in [1.29, 1.82) is 0 Å². The van der Waals surface area contributed by atoms with Gasteiger partial charge in [-0.1, -0.05) is 12.1 Å². The third kappa shape index (κ3) is 2.19. The van der Waals surface area contributed by atoms with Gasteiger partial charge in [0.25, 0.3) is 0 Å². The summed E-state index contributed by atoms with van der Waals surface area (Å²) in [5, 5.41) is 6.21. The number of benzene rings is 1. The number of anilines is 1. The monoisotopic (exact) mass is 253 g/mol. The molecule has 2 heterocycles. The third-order valence-corrected chi connectivity index (χ3v) is 4.33. The summed E-state index contributed by atoms with van der Waals surface area (Å²) < 4.78 is 0. The molecule has 3 heteroatoms. The Bertz CT molecular complexity index is 586. The molecule has 1 unspecified atom stereocenters. The maximum atomic E-state index is 4.25. The molecule has 98 valence electrons. The molecule has 0 bridgehead atoms. The van der Waals surface area contributed by atoms with Gasteiger partial charge >= 0.3 is 0 Å². The van der Waals surface area contributed by atoms with E-state index in [1.807, 2.05) is 12.4 Å². The van der Waals surface area contributed by atoms with Crippen molar-refractivity contribution in [1.82, 2.24) is 9.88 Å². The number of hydrogen-bond donors (Lipinski definition) is 1. The van der Waals surface area contributed by atoms with Gasteiger partial charge < -0.3 is 5.32 Å². The van der Waals surface area contributed by atoms with Crippen LogP contribution < -0.4 is 5.32 Å². The number of fused-ring (bicyclic) bond motifs is 1. The van der Waals surface area contributed by atoms with Gasteiger partial charge in [0, 0.05) is 48.6 Å². The van der Waals surface area contributed by atoms with Crippen LogP contribution in [0.25, 0.3) is 10.8 Å². The third-order valence-electron chi connectivity index (χ3n) is 4.33. The van der Waals surface area contributed by atoms with E-state index < -0.39 is 0 Å². The fourth-order valence-electron chi connectivity index (χ4n) is 3.14. The summed E-state index contributed by atoms with van der Waals surface area (Å²) in [5.41, 5.74) is 1.23. The highest BCUT2D eigenvalue weighted by atomic mass is 15.2. The Morgan fingerprint density at radius 3 is 3.00 bits per heavy atom. The van der Waals surface area contributed by atoms with Crippen LogP contribution in [-0.2, 0) is 0 Å². The number of nitrogens with one attached hydrogen (secondary N) is 1. The lowest BCUT2D eigenvalue weighted by atomic mass is 10.1. The van der Waals surface area contributed by atoms with Gasteiger partial charge in [0.15, 0.2) is 0 Å². The van der Waals surface area contributed by atoms with E-state index >= 15 is 0 Å². The molecule has 0 radical (unpaired) electrons. The Morgan fingerprint density at radius 1 is 1.16 bits per heavy atom. The Morgan fingerprint density at radius 2 is 2.11 bits per heavy atom. The summed E-state index contributed by atoms with van der Waals surface area (Å²) in [4.78, 5) is 6.89. The first-order valence-electron chi connectivity index (χ1n) is 7.23. The minimum atomic E-state index is 0.589. The second-order valence-corrected chi connectivity index (χ2v) is 5.76. The molecule has 1 aromatic heterocycles. The molecule has 1 aliphatic heterocycles. The predicted molar refractivity (Wildman–Crippen MR) is 78.4 cm³/mol. The minimum Gasteiger partial charge on any atom is -0.380 e. The van der Waals surface area contributed by atoms with Crippen molar-refractivity contribution >= 4 is 16.5 Å². The van der Waals surface area contributed by atoms with Crippen LogP contribution in [0.1, 0.15) is 19.3 Å². The van der Waals surface area contributed by atoms with Gasteiger partial charge in [0.1, 0.15) is 0 Å². The summed E-state index contributed by atoms with van der Waals surface area (Å²) in [6.07, 6.45) is 7.89. The Balaban J connectivity index is 1.55. The van der Waals surface area contributed by atoms with Crippen LogP contribution in [0.5, 0.6) is 0 Å². The summed E-state index contributed by atoms with van der Waals surface area (Å²) in [5.74, 6) is 0. The first-order valence-corrected chi connectivity index (χ1v) is 7.23. The quantitative estimate of drug-likeness (QED) is 0.911. The zero-order valence-electron chi connectivity index (χ0n) is 11.0. The Hall–Kier alpha value is -1.61. The largest absolute Gasteiger partial charge is 0.380 e. The van der Waals surface area contributed by atoms with Crippen LogP contribution in [0.15, 0.2) is 36.7 Å². The van der Waals surface area contributed by atoms with Gasteiger partial charge in [-0.15, -0.1) is 0 Å². The van der Waals surface area contributed by atoms with Gasteiger partial charge in [-0.25, -0.2) is 0 Å². The first kappa shape index (κ1) is 11.2. The average molecular weight is 253 g/mol. The van der Waals surface area contributed by atoms with Crippen LogP contribution in [0.4, 0.5) is 5.69 Å². The highest BCUT2D eigenvalue weighted by Gasteiger charge is 2.34. The molecule has 1 N–H and O–H groups in total. The van der Waals surface area contributed by atoms with Crippen molar-refractivity contribution in [2.45, 2.75) is 31.3 Å². The molecule has 3 nitrogen and oxygen atoms in total. The molecule has 1 aliphatic carbocycles. The van der Waals surface area contributed by atoms with Crippen LogP contribution >= 0.6 is 0 Å². The van der Waals surface area contributed by atoms with Gasteiger partial charge in [0.2, 0.25) is 0 Å². The van der Waals surface area contributed by atoms with Crippen LogP contribution in [0, 0.1) is 0 Å². The Labute approximate surface area is 113 Å². The second-order valence-electron chi connectivity index (χ2n) is 5.76. The highest BCUT2D eigenvalue weighted by Crippen LogP contribution is 2.31. The maximum absolute atomic E-state index is 4.25. The minimum absolute atomic E-state index is 0.589. The van der Waals surface area contributed by atoms with Crippen molar-refractivity contribution in [3.05, 3.63) is 36.7 Å². The van der Waals surface area contributed by atoms with Crippen molar-refractivity contribution in [2.24, 2.45) is 0 Å². The number of hydrogen-bond acceptors (Lipinski definition) is 3. The average Bonchev–Trinajstić information content (AvgIpc) is 3.20. The van der Waals surface area contributed by atoms with Crippen molar-refractivity contribution < 1.29 is 0 Å². The molecule has 2 fully saturated rings. The van der Waals surface area contributed by atoms with Crippen LogP contribution in [0.2, 0.25) is 0 Å². The lowest BCUT2D eigenvalue weighted by molar-refractivity contribution is 0.326.